The third kappa shape index (κ3) is 23.8. The molecule has 1 aliphatic carbocycles. The molecule has 0 bridgehead atoms. The Morgan fingerprint density at radius 2 is 1.20 bits per heavy atom. The molecule has 0 radical (unpaired) electrons. The standard InChI is InChI=1S/C17H13ClO4.C16H12O4.C15H10O5.C14H9BrO2S.4C4H10/c18-14-9-11(10-16-17(14)22-8-7-21-16)1-6-15(20)12-2-4-13(19)5-3-12;1-9-2-4-10(5-3-9)14-15(18)12-7-6-11(17)8-13(12)20-16(14)19;16-9-3-1-8(2-4-9)11-7-20-13-6-10(17)5-12(18)14(13)15(11)19;15-9-6-10(18-7-9)4-8-5-12-11(14(8)17)2-1-3-13(12)16;4*1-4(2)3/h1-6,9-10,19H,7-8H2;2-8,14,17H,1H3;1-7,16-18H;1-4,6-7,16H,5H2;4*4H,1-3H3/b6-1+;;;8-4+;;;;. The van der Waals surface area contributed by atoms with Crippen LogP contribution in [0.4, 0.5) is 0 Å². The largest absolute Gasteiger partial charge is 0.508 e. The molecule has 7 aromatic carbocycles. The summed E-state index contributed by atoms with van der Waals surface area (Å²) in [5, 5.41) is 59.2. The van der Waals surface area contributed by atoms with Crippen molar-refractivity contribution in [3.8, 4) is 62.9 Å². The van der Waals surface area contributed by atoms with Crippen molar-refractivity contribution in [2.45, 2.75) is 102 Å². The molecule has 3 aliphatic rings. The van der Waals surface area contributed by atoms with Crippen molar-refractivity contribution in [1.29, 1.82) is 0 Å². The summed E-state index contributed by atoms with van der Waals surface area (Å²) >= 11 is 11.1. The van der Waals surface area contributed by atoms with E-state index in [-0.39, 0.29) is 74.1 Å². The third-order valence-corrected chi connectivity index (χ3v) is 14.4. The van der Waals surface area contributed by atoms with Gasteiger partial charge in [-0.15, -0.1) is 11.3 Å². The molecule has 1 atom stereocenters. The van der Waals surface area contributed by atoms with Crippen molar-refractivity contribution in [1.82, 2.24) is 0 Å². The Balaban J connectivity index is 0.000000215. The fourth-order valence-corrected chi connectivity index (χ4v) is 10.2. The number of aryl methyl sites for hydroxylation is 1. The predicted octanol–water partition coefficient (Wildman–Crippen LogP) is 19.6. The van der Waals surface area contributed by atoms with Gasteiger partial charge in [0.2, 0.25) is 5.43 Å². The minimum atomic E-state index is -0.937. The summed E-state index contributed by atoms with van der Waals surface area (Å²) in [7, 11) is 0. The molecule has 6 N–H and O–H groups in total. The Morgan fingerprint density at radius 1 is 0.615 bits per heavy atom. The SMILES string of the molecule is CC(C)C.CC(C)C.CC(C)C.CC(C)C.Cc1ccc(C2C(=O)Oc3cc(O)ccc3C2=O)cc1.O=C(/C=C/c1cc(Cl)c2c(c1)OCCO2)c1ccc(O)cc1.O=C1/C(=C/c2cc(Br)cs2)Cc2c(O)cccc21.O=c1c(-c2ccc(O)cc2)coc2cc(O)cc(O)c12. The molecule has 4 heterocycles. The van der Waals surface area contributed by atoms with E-state index in [1.807, 2.05) is 36.6 Å². The first kappa shape index (κ1) is 77.3. The second kappa shape index (κ2) is 37.0. The van der Waals surface area contributed by atoms with E-state index in [0.717, 1.165) is 61.4 Å². The number of Topliss-reactive ketones (excluding diaryl/α,β-unsaturated/α-hetero) is 2. The van der Waals surface area contributed by atoms with E-state index >= 15 is 0 Å². The molecule has 1 unspecified atom stereocenters. The number of carbonyl (C=O) groups is 4. The molecular weight excluding hydrogens is 1320 g/mol. The highest BCUT2D eigenvalue weighted by Crippen LogP contribution is 2.40. The zero-order valence-corrected chi connectivity index (χ0v) is 59.4. The summed E-state index contributed by atoms with van der Waals surface area (Å²) in [4.78, 5) is 62.1. The van der Waals surface area contributed by atoms with E-state index in [1.165, 1.54) is 60.9 Å². The first-order valence-electron chi connectivity index (χ1n) is 31.2. The van der Waals surface area contributed by atoms with E-state index in [2.05, 4.69) is 99.0 Å². The Hall–Kier alpha value is -9.42. The van der Waals surface area contributed by atoms with Crippen LogP contribution in [-0.2, 0) is 11.2 Å². The number of hydrogen-bond donors (Lipinski definition) is 6. The summed E-state index contributed by atoms with van der Waals surface area (Å²) in [6.07, 6.45) is 6.79. The van der Waals surface area contributed by atoms with Crippen molar-refractivity contribution >= 4 is 85.3 Å². The van der Waals surface area contributed by atoms with Gasteiger partial charge in [-0.25, -0.2) is 0 Å². The minimum absolute atomic E-state index is 0.00775. The van der Waals surface area contributed by atoms with Crippen LogP contribution in [0.2, 0.25) is 5.02 Å². The van der Waals surface area contributed by atoms with Crippen molar-refractivity contribution in [3.63, 3.8) is 0 Å². The highest BCUT2D eigenvalue weighted by molar-refractivity contribution is 9.10. The number of allylic oxidation sites excluding steroid dienone is 2. The number of fused-ring (bicyclic) bond motifs is 4. The van der Waals surface area contributed by atoms with Gasteiger partial charge in [0, 0.05) is 61.6 Å². The third-order valence-electron chi connectivity index (χ3n) is 12.5. The minimum Gasteiger partial charge on any atom is -0.508 e. The van der Waals surface area contributed by atoms with Crippen LogP contribution < -0.4 is 19.6 Å². The Bertz CT molecular complexity index is 4180. The second-order valence-electron chi connectivity index (χ2n) is 25.0. The fraction of sp³-hybridized carbons (Fsp3) is 0.269. The van der Waals surface area contributed by atoms with E-state index in [1.54, 1.807) is 84.1 Å². The summed E-state index contributed by atoms with van der Waals surface area (Å²) in [5.74, 6) is 2.42. The number of phenols is 6. The molecule has 0 fully saturated rings. The lowest BCUT2D eigenvalue weighted by Gasteiger charge is -2.22. The highest BCUT2D eigenvalue weighted by atomic mass is 79.9. The van der Waals surface area contributed by atoms with Gasteiger partial charge in [-0.05, 0) is 148 Å². The lowest BCUT2D eigenvalue weighted by Crippen LogP contribution is -2.31. The maximum Gasteiger partial charge on any atom is 0.326 e. The number of ketones is 3. The number of hydrogen-bond acceptors (Lipinski definition) is 16. The molecule has 15 nitrogen and oxygen atoms in total. The number of aromatic hydroxyl groups is 6. The number of thiophene rings is 1. The summed E-state index contributed by atoms with van der Waals surface area (Å²) in [6.45, 7) is 28.9. The zero-order valence-electron chi connectivity index (χ0n) is 56.2. The molecule has 0 saturated heterocycles. The summed E-state index contributed by atoms with van der Waals surface area (Å²) < 4.78 is 22.4. The lowest BCUT2D eigenvalue weighted by molar-refractivity contribution is -0.135. The van der Waals surface area contributed by atoms with Gasteiger partial charge in [-0.3, -0.25) is 24.0 Å². The molecule has 2 aromatic heterocycles. The van der Waals surface area contributed by atoms with Crippen LogP contribution in [-0.4, -0.2) is 67.2 Å². The topological polar surface area (TPSA) is 248 Å². The Labute approximate surface area is 578 Å². The molecular formula is C78H84BrClO15S. The van der Waals surface area contributed by atoms with Crippen LogP contribution in [0.5, 0.6) is 51.7 Å². The predicted molar refractivity (Wildman–Crippen MR) is 387 cm³/mol. The molecule has 506 valence electrons. The smallest absolute Gasteiger partial charge is 0.326 e. The fourth-order valence-electron chi connectivity index (χ4n) is 8.56. The number of benzene rings is 7. The Kier molecular flexibility index (Phi) is 29.8. The lowest BCUT2D eigenvalue weighted by atomic mass is 9.88. The van der Waals surface area contributed by atoms with E-state index in [0.29, 0.717) is 64.0 Å². The van der Waals surface area contributed by atoms with Crippen LogP contribution in [0.15, 0.2) is 177 Å². The maximum atomic E-state index is 12.4. The van der Waals surface area contributed by atoms with Crippen LogP contribution in [0.1, 0.15) is 147 Å². The van der Waals surface area contributed by atoms with Gasteiger partial charge in [-0.2, -0.15) is 0 Å². The average Bonchev–Trinajstić information content (AvgIpc) is 1.07. The van der Waals surface area contributed by atoms with Gasteiger partial charge in [0.05, 0.1) is 16.1 Å². The molecule has 12 rings (SSSR count). The second-order valence-corrected chi connectivity index (χ2v) is 27.3. The molecule has 18 heteroatoms. The molecule has 2 aliphatic heterocycles. The summed E-state index contributed by atoms with van der Waals surface area (Å²) in [5.41, 5.74) is 5.85. The monoisotopic (exact) mass is 1410 g/mol. The maximum absolute atomic E-state index is 12.4. The van der Waals surface area contributed by atoms with Gasteiger partial charge in [0.25, 0.3) is 0 Å². The molecule has 9 aromatic rings. The van der Waals surface area contributed by atoms with Crippen molar-refractivity contribution in [2.24, 2.45) is 23.7 Å². The van der Waals surface area contributed by atoms with Gasteiger partial charge in [0.15, 0.2) is 28.8 Å². The number of phenolic OH excluding ortho intramolecular Hbond substituents is 6. The van der Waals surface area contributed by atoms with Crippen LogP contribution in [0.3, 0.4) is 0 Å². The summed E-state index contributed by atoms with van der Waals surface area (Å²) in [6, 6.07) is 36.4. The quantitative estimate of drug-likeness (QED) is 0.0298. The number of rotatable bonds is 6. The van der Waals surface area contributed by atoms with Crippen molar-refractivity contribution < 1.29 is 68.4 Å². The van der Waals surface area contributed by atoms with Crippen LogP contribution in [0, 0.1) is 30.6 Å². The number of carbonyl (C=O) groups excluding carboxylic acids is 4. The van der Waals surface area contributed by atoms with Crippen LogP contribution in [0.25, 0.3) is 34.2 Å². The molecule has 0 spiro atoms. The zero-order chi connectivity index (χ0) is 71.1. The molecule has 96 heavy (non-hydrogen) atoms. The first-order valence-corrected chi connectivity index (χ1v) is 33.2. The van der Waals surface area contributed by atoms with Crippen LogP contribution >= 0.6 is 38.9 Å². The Morgan fingerprint density at radius 3 is 1.78 bits per heavy atom. The van der Waals surface area contributed by atoms with Gasteiger partial charge >= 0.3 is 5.97 Å². The molecule has 0 amide bonds. The average molecular weight is 1410 g/mol. The van der Waals surface area contributed by atoms with Gasteiger partial charge in [0.1, 0.15) is 76.6 Å². The van der Waals surface area contributed by atoms with Gasteiger partial charge in [-0.1, -0.05) is 155 Å². The first-order chi connectivity index (χ1) is 45.3. The van der Waals surface area contributed by atoms with E-state index < -0.39 is 17.3 Å². The number of esters is 1. The van der Waals surface area contributed by atoms with Gasteiger partial charge < -0.3 is 49.3 Å². The van der Waals surface area contributed by atoms with Crippen molar-refractivity contribution in [3.05, 3.63) is 226 Å². The number of ether oxygens (including phenoxy) is 3. The normalized spacial score (nSPS) is 13.5. The molecule has 0 saturated carbocycles. The highest BCUT2D eigenvalue weighted by Gasteiger charge is 2.38. The number of halogens is 2. The van der Waals surface area contributed by atoms with E-state index in [4.69, 9.17) is 30.2 Å². The van der Waals surface area contributed by atoms with E-state index in [9.17, 15) is 54.6 Å². The van der Waals surface area contributed by atoms with Crippen molar-refractivity contribution in [2.75, 3.05) is 13.2 Å².